The quantitative estimate of drug-likeness (QED) is 0.925. The Morgan fingerprint density at radius 2 is 1.91 bits per heavy atom. The first-order valence-corrected chi connectivity index (χ1v) is 7.59. The largest absolute Gasteiger partial charge is 0.338 e. The summed E-state index contributed by atoms with van der Waals surface area (Å²) >= 11 is 0. The fourth-order valence-electron chi connectivity index (χ4n) is 2.67. The summed E-state index contributed by atoms with van der Waals surface area (Å²) in [6.07, 6.45) is 3.36. The zero-order valence-electron chi connectivity index (χ0n) is 12.6. The van der Waals surface area contributed by atoms with E-state index in [1.807, 2.05) is 30.3 Å². The van der Waals surface area contributed by atoms with E-state index in [0.717, 1.165) is 18.4 Å². The number of rotatable bonds is 2. The van der Waals surface area contributed by atoms with Gasteiger partial charge >= 0.3 is 0 Å². The molecule has 0 saturated carbocycles. The summed E-state index contributed by atoms with van der Waals surface area (Å²) < 4.78 is 0. The molecule has 0 unspecified atom stereocenters. The highest BCUT2D eigenvalue weighted by Crippen LogP contribution is 2.17. The molecule has 1 aliphatic rings. The summed E-state index contributed by atoms with van der Waals surface area (Å²) in [5, 5.41) is 0. The SMILES string of the molecule is CC1CCN(C(=O)c2cnc(-c3ccccc3)[nH]c2=O)CC1. The maximum absolute atomic E-state index is 12.4. The normalized spacial score (nSPS) is 15.8. The number of aromatic amines is 1. The van der Waals surface area contributed by atoms with Gasteiger partial charge < -0.3 is 9.88 Å². The lowest BCUT2D eigenvalue weighted by molar-refractivity contribution is 0.0695. The summed E-state index contributed by atoms with van der Waals surface area (Å²) in [6, 6.07) is 9.39. The van der Waals surface area contributed by atoms with Gasteiger partial charge in [0, 0.05) is 24.8 Å². The number of nitrogens with one attached hydrogen (secondary N) is 1. The number of aromatic nitrogens is 2. The number of H-pyrrole nitrogens is 1. The first-order chi connectivity index (χ1) is 10.6. The molecule has 0 spiro atoms. The van der Waals surface area contributed by atoms with Crippen molar-refractivity contribution in [3.8, 4) is 11.4 Å². The molecule has 1 fully saturated rings. The van der Waals surface area contributed by atoms with Crippen LogP contribution in [0.15, 0.2) is 41.3 Å². The van der Waals surface area contributed by atoms with Gasteiger partial charge in [-0.3, -0.25) is 9.59 Å². The molecule has 0 atom stereocenters. The second kappa shape index (κ2) is 6.13. The molecule has 0 bridgehead atoms. The molecule has 5 nitrogen and oxygen atoms in total. The van der Waals surface area contributed by atoms with Crippen LogP contribution < -0.4 is 5.56 Å². The molecule has 1 aromatic heterocycles. The molecule has 1 aliphatic heterocycles. The van der Waals surface area contributed by atoms with Gasteiger partial charge in [-0.1, -0.05) is 37.3 Å². The Kier molecular flexibility index (Phi) is 4.04. The molecule has 1 N–H and O–H groups in total. The van der Waals surface area contributed by atoms with Crippen molar-refractivity contribution in [3.05, 3.63) is 52.4 Å². The van der Waals surface area contributed by atoms with Crippen LogP contribution in [0.2, 0.25) is 0 Å². The van der Waals surface area contributed by atoms with E-state index in [2.05, 4.69) is 16.9 Å². The molecular weight excluding hydrogens is 278 g/mol. The number of amides is 1. The molecule has 22 heavy (non-hydrogen) atoms. The van der Waals surface area contributed by atoms with Crippen LogP contribution in [-0.2, 0) is 0 Å². The Morgan fingerprint density at radius 1 is 1.23 bits per heavy atom. The van der Waals surface area contributed by atoms with Crippen molar-refractivity contribution in [2.24, 2.45) is 5.92 Å². The number of benzene rings is 1. The minimum absolute atomic E-state index is 0.120. The predicted octanol–water partition coefficient (Wildman–Crippen LogP) is 2.31. The molecule has 3 rings (SSSR count). The first kappa shape index (κ1) is 14.5. The molecule has 0 aliphatic carbocycles. The van der Waals surface area contributed by atoms with E-state index in [-0.39, 0.29) is 17.0 Å². The highest BCUT2D eigenvalue weighted by molar-refractivity contribution is 5.93. The highest BCUT2D eigenvalue weighted by atomic mass is 16.2. The van der Waals surface area contributed by atoms with E-state index in [0.29, 0.717) is 24.8 Å². The zero-order chi connectivity index (χ0) is 15.5. The Balaban J connectivity index is 1.84. The first-order valence-electron chi connectivity index (χ1n) is 7.59. The van der Waals surface area contributed by atoms with E-state index in [1.54, 1.807) is 4.90 Å². The van der Waals surface area contributed by atoms with Gasteiger partial charge in [0.1, 0.15) is 11.4 Å². The Labute approximate surface area is 129 Å². The van der Waals surface area contributed by atoms with Crippen molar-refractivity contribution < 1.29 is 4.79 Å². The van der Waals surface area contributed by atoms with Crippen molar-refractivity contribution in [1.29, 1.82) is 0 Å². The lowest BCUT2D eigenvalue weighted by atomic mass is 9.99. The molecule has 114 valence electrons. The van der Waals surface area contributed by atoms with Gasteiger partial charge in [-0.2, -0.15) is 0 Å². The molecule has 5 heteroatoms. The van der Waals surface area contributed by atoms with Crippen LogP contribution in [0.1, 0.15) is 30.1 Å². The molecule has 1 saturated heterocycles. The second-order valence-corrected chi connectivity index (χ2v) is 5.82. The molecule has 2 aromatic rings. The van der Waals surface area contributed by atoms with Crippen LogP contribution >= 0.6 is 0 Å². The molecule has 1 aromatic carbocycles. The zero-order valence-corrected chi connectivity index (χ0v) is 12.6. The molecular formula is C17H19N3O2. The minimum atomic E-state index is -0.377. The number of hydrogen-bond acceptors (Lipinski definition) is 3. The van der Waals surface area contributed by atoms with Crippen LogP contribution in [0, 0.1) is 5.92 Å². The van der Waals surface area contributed by atoms with Gasteiger partial charge in [0.25, 0.3) is 11.5 Å². The van der Waals surface area contributed by atoms with Crippen LogP contribution in [0.3, 0.4) is 0 Å². The summed E-state index contributed by atoms with van der Waals surface area (Å²) in [4.78, 5) is 33.3. The summed E-state index contributed by atoms with van der Waals surface area (Å²) in [6.45, 7) is 3.60. The number of likely N-dealkylation sites (tertiary alicyclic amines) is 1. The number of nitrogens with zero attached hydrogens (tertiary/aromatic N) is 2. The van der Waals surface area contributed by atoms with Crippen LogP contribution in [0.4, 0.5) is 0 Å². The number of carbonyl (C=O) groups is 1. The van der Waals surface area contributed by atoms with E-state index in [1.165, 1.54) is 6.20 Å². The molecule has 1 amide bonds. The average molecular weight is 297 g/mol. The lowest BCUT2D eigenvalue weighted by Crippen LogP contribution is -2.40. The minimum Gasteiger partial charge on any atom is -0.338 e. The van der Waals surface area contributed by atoms with Crippen molar-refractivity contribution in [3.63, 3.8) is 0 Å². The number of hydrogen-bond donors (Lipinski definition) is 1. The maximum atomic E-state index is 12.4. The fourth-order valence-corrected chi connectivity index (χ4v) is 2.67. The van der Waals surface area contributed by atoms with Gasteiger partial charge in [-0.25, -0.2) is 4.98 Å². The van der Waals surface area contributed by atoms with Gasteiger partial charge in [-0.05, 0) is 18.8 Å². The van der Waals surface area contributed by atoms with Crippen LogP contribution in [0.25, 0.3) is 11.4 Å². The van der Waals surface area contributed by atoms with E-state index in [4.69, 9.17) is 0 Å². The van der Waals surface area contributed by atoms with Gasteiger partial charge in [0.2, 0.25) is 0 Å². The van der Waals surface area contributed by atoms with E-state index < -0.39 is 0 Å². The number of carbonyl (C=O) groups excluding carboxylic acids is 1. The van der Waals surface area contributed by atoms with Crippen LogP contribution in [-0.4, -0.2) is 33.9 Å². The smallest absolute Gasteiger partial charge is 0.264 e. The summed E-state index contributed by atoms with van der Waals surface area (Å²) in [7, 11) is 0. The monoisotopic (exact) mass is 297 g/mol. The van der Waals surface area contributed by atoms with Gasteiger partial charge in [-0.15, -0.1) is 0 Å². The molecule has 0 radical (unpaired) electrons. The Hall–Kier alpha value is -2.43. The van der Waals surface area contributed by atoms with E-state index in [9.17, 15) is 9.59 Å². The number of piperidine rings is 1. The average Bonchev–Trinajstić information content (AvgIpc) is 2.56. The van der Waals surface area contributed by atoms with Crippen molar-refractivity contribution >= 4 is 5.91 Å². The third-order valence-electron chi connectivity index (χ3n) is 4.15. The van der Waals surface area contributed by atoms with Gasteiger partial charge in [0.05, 0.1) is 0 Å². The second-order valence-electron chi connectivity index (χ2n) is 5.82. The highest BCUT2D eigenvalue weighted by Gasteiger charge is 2.23. The topological polar surface area (TPSA) is 66.1 Å². The Bertz CT molecular complexity index is 716. The van der Waals surface area contributed by atoms with Gasteiger partial charge in [0.15, 0.2) is 0 Å². The van der Waals surface area contributed by atoms with E-state index >= 15 is 0 Å². The molecule has 2 heterocycles. The Morgan fingerprint density at radius 3 is 2.55 bits per heavy atom. The lowest BCUT2D eigenvalue weighted by Gasteiger charge is -2.30. The predicted molar refractivity (Wildman–Crippen MR) is 84.6 cm³/mol. The van der Waals surface area contributed by atoms with Crippen LogP contribution in [0.5, 0.6) is 0 Å². The third kappa shape index (κ3) is 2.93. The van der Waals surface area contributed by atoms with Crippen molar-refractivity contribution in [1.82, 2.24) is 14.9 Å². The third-order valence-corrected chi connectivity index (χ3v) is 4.15. The standard InChI is InChI=1S/C17H19N3O2/c1-12-7-9-20(10-8-12)17(22)14-11-18-15(19-16(14)21)13-5-3-2-4-6-13/h2-6,11-12H,7-10H2,1H3,(H,18,19,21). The maximum Gasteiger partial charge on any atom is 0.264 e. The van der Waals surface area contributed by atoms with Crippen molar-refractivity contribution in [2.45, 2.75) is 19.8 Å². The fraction of sp³-hybridized carbons (Fsp3) is 0.353. The summed E-state index contributed by atoms with van der Waals surface area (Å²) in [5.74, 6) is 0.899. The van der Waals surface area contributed by atoms with Crippen molar-refractivity contribution in [2.75, 3.05) is 13.1 Å². The summed E-state index contributed by atoms with van der Waals surface area (Å²) in [5.41, 5.74) is 0.567.